The number of carbonyl (C=O) groups excluding carboxylic acids is 1. The van der Waals surface area contributed by atoms with Gasteiger partial charge in [0.2, 0.25) is 0 Å². The van der Waals surface area contributed by atoms with Crippen molar-refractivity contribution in [3.05, 3.63) is 101 Å². The van der Waals surface area contributed by atoms with Crippen molar-refractivity contribution in [3.63, 3.8) is 0 Å². The number of nitrogens with zero attached hydrogens (tertiary/aromatic N) is 2. The summed E-state index contributed by atoms with van der Waals surface area (Å²) in [6.07, 6.45) is 0. The van der Waals surface area contributed by atoms with Crippen LogP contribution in [0.5, 0.6) is 5.75 Å². The molecular formula is C31H34N2O2. The van der Waals surface area contributed by atoms with E-state index in [-0.39, 0.29) is 11.2 Å². The van der Waals surface area contributed by atoms with Crippen molar-refractivity contribution < 1.29 is 9.53 Å². The van der Waals surface area contributed by atoms with Gasteiger partial charge in [-0.3, -0.25) is 4.79 Å². The van der Waals surface area contributed by atoms with Gasteiger partial charge in [0.1, 0.15) is 12.4 Å². The standard InChI is InChI=1S/C31H34N2O2/c1-5-32(6-2)18-19-35-23-16-17-24-26(20-23)31(3,4)30-28(29(24)34)25-14-10-11-15-27(25)33(30)21-22-12-8-7-9-13-22/h7-17,20H,5-6,18-19,21H2,1-4H3. The lowest BCUT2D eigenvalue weighted by Crippen LogP contribution is -2.33. The zero-order valence-corrected chi connectivity index (χ0v) is 21.2. The first-order valence-corrected chi connectivity index (χ1v) is 12.7. The molecule has 1 heterocycles. The Balaban J connectivity index is 1.59. The number of likely N-dealkylation sites (N-methyl/N-ethyl adjacent to an activating group) is 1. The number of fused-ring (bicyclic) bond motifs is 4. The number of hydrogen-bond acceptors (Lipinski definition) is 3. The Labute approximate surface area is 208 Å². The van der Waals surface area contributed by atoms with E-state index >= 15 is 0 Å². The molecule has 1 aliphatic carbocycles. The van der Waals surface area contributed by atoms with Gasteiger partial charge < -0.3 is 14.2 Å². The van der Waals surface area contributed by atoms with Crippen molar-refractivity contribution in [1.82, 2.24) is 9.47 Å². The fourth-order valence-corrected chi connectivity index (χ4v) is 5.54. The van der Waals surface area contributed by atoms with Gasteiger partial charge in [0.05, 0.1) is 5.56 Å². The highest BCUT2D eigenvalue weighted by Gasteiger charge is 2.41. The highest BCUT2D eigenvalue weighted by molar-refractivity contribution is 6.20. The summed E-state index contributed by atoms with van der Waals surface area (Å²) in [7, 11) is 0. The first-order chi connectivity index (χ1) is 17.0. The van der Waals surface area contributed by atoms with Gasteiger partial charge in [0.15, 0.2) is 5.78 Å². The van der Waals surface area contributed by atoms with Gasteiger partial charge >= 0.3 is 0 Å². The normalized spacial score (nSPS) is 14.3. The molecule has 180 valence electrons. The number of ether oxygens (including phenoxy) is 1. The van der Waals surface area contributed by atoms with Gasteiger partial charge in [-0.1, -0.05) is 76.2 Å². The van der Waals surface area contributed by atoms with Crippen LogP contribution in [-0.2, 0) is 12.0 Å². The quantitative estimate of drug-likeness (QED) is 0.306. The molecule has 0 N–H and O–H groups in total. The molecule has 4 heteroatoms. The first-order valence-electron chi connectivity index (χ1n) is 12.7. The van der Waals surface area contributed by atoms with E-state index in [1.165, 1.54) is 5.56 Å². The van der Waals surface area contributed by atoms with Crippen LogP contribution >= 0.6 is 0 Å². The molecule has 0 unspecified atom stereocenters. The molecule has 0 amide bonds. The van der Waals surface area contributed by atoms with Crippen LogP contribution in [0, 0.1) is 0 Å². The zero-order valence-electron chi connectivity index (χ0n) is 21.2. The maximum absolute atomic E-state index is 13.9. The minimum Gasteiger partial charge on any atom is -0.492 e. The minimum absolute atomic E-state index is 0.104. The topological polar surface area (TPSA) is 34.5 Å². The summed E-state index contributed by atoms with van der Waals surface area (Å²) >= 11 is 0. The summed E-state index contributed by atoms with van der Waals surface area (Å²) in [4.78, 5) is 16.3. The fraction of sp³-hybridized carbons (Fsp3) is 0.323. The number of ketones is 1. The Morgan fingerprint density at radius 2 is 1.63 bits per heavy atom. The van der Waals surface area contributed by atoms with Crippen LogP contribution in [0.25, 0.3) is 10.9 Å². The second-order valence-electron chi connectivity index (χ2n) is 9.85. The molecule has 0 fully saturated rings. The third kappa shape index (κ3) is 4.06. The van der Waals surface area contributed by atoms with Crippen LogP contribution in [0.4, 0.5) is 0 Å². The van der Waals surface area contributed by atoms with Crippen molar-refractivity contribution in [2.45, 2.75) is 39.7 Å². The van der Waals surface area contributed by atoms with E-state index in [0.717, 1.165) is 65.2 Å². The number of carbonyl (C=O) groups is 1. The van der Waals surface area contributed by atoms with Crippen LogP contribution in [0.15, 0.2) is 72.8 Å². The molecule has 1 aromatic heterocycles. The van der Waals surface area contributed by atoms with Crippen molar-refractivity contribution in [2.75, 3.05) is 26.2 Å². The van der Waals surface area contributed by atoms with E-state index in [0.29, 0.717) is 6.61 Å². The lowest BCUT2D eigenvalue weighted by Gasteiger charge is -2.34. The molecule has 1 aliphatic rings. The second kappa shape index (κ2) is 9.35. The molecule has 0 bridgehead atoms. The predicted molar refractivity (Wildman–Crippen MR) is 143 cm³/mol. The number of para-hydroxylation sites is 1. The number of benzene rings is 3. The Hall–Kier alpha value is -3.37. The molecule has 0 spiro atoms. The molecule has 4 aromatic rings. The SMILES string of the molecule is CCN(CC)CCOc1ccc2c(c1)C(C)(C)c1c(c3ccccc3n1Cc1ccccc1)C2=O. The smallest absolute Gasteiger partial charge is 0.195 e. The molecule has 4 nitrogen and oxygen atoms in total. The van der Waals surface area contributed by atoms with E-state index in [1.807, 2.05) is 24.3 Å². The van der Waals surface area contributed by atoms with E-state index in [1.54, 1.807) is 0 Å². The molecule has 0 radical (unpaired) electrons. The van der Waals surface area contributed by atoms with Gasteiger partial charge in [-0.15, -0.1) is 0 Å². The van der Waals surface area contributed by atoms with Crippen LogP contribution in [-0.4, -0.2) is 41.5 Å². The Morgan fingerprint density at radius 1 is 0.914 bits per heavy atom. The van der Waals surface area contributed by atoms with E-state index in [9.17, 15) is 4.79 Å². The average molecular weight is 467 g/mol. The van der Waals surface area contributed by atoms with Crippen molar-refractivity contribution >= 4 is 16.7 Å². The predicted octanol–water partition coefficient (Wildman–Crippen LogP) is 6.28. The summed E-state index contributed by atoms with van der Waals surface area (Å²) in [6, 6.07) is 24.8. The molecule has 0 saturated carbocycles. The van der Waals surface area contributed by atoms with Crippen LogP contribution in [0.2, 0.25) is 0 Å². The zero-order chi connectivity index (χ0) is 24.6. The van der Waals surface area contributed by atoms with Crippen molar-refractivity contribution in [2.24, 2.45) is 0 Å². The van der Waals surface area contributed by atoms with Gasteiger partial charge in [-0.05, 0) is 48.5 Å². The van der Waals surface area contributed by atoms with Gasteiger partial charge in [0, 0.05) is 40.7 Å². The lowest BCUT2D eigenvalue weighted by atomic mass is 9.71. The summed E-state index contributed by atoms with van der Waals surface area (Å²) in [5, 5.41) is 1.03. The molecule has 3 aromatic carbocycles. The van der Waals surface area contributed by atoms with Gasteiger partial charge in [-0.2, -0.15) is 0 Å². The fourth-order valence-electron chi connectivity index (χ4n) is 5.54. The third-order valence-corrected chi connectivity index (χ3v) is 7.45. The van der Waals surface area contributed by atoms with Gasteiger partial charge in [0.25, 0.3) is 0 Å². The molecule has 35 heavy (non-hydrogen) atoms. The third-order valence-electron chi connectivity index (χ3n) is 7.45. The van der Waals surface area contributed by atoms with Gasteiger partial charge in [-0.25, -0.2) is 0 Å². The van der Waals surface area contributed by atoms with Crippen molar-refractivity contribution in [3.8, 4) is 5.75 Å². The number of rotatable bonds is 8. The maximum Gasteiger partial charge on any atom is 0.195 e. The minimum atomic E-state index is -0.357. The maximum atomic E-state index is 13.9. The van der Waals surface area contributed by atoms with Crippen LogP contribution < -0.4 is 4.74 Å². The highest BCUT2D eigenvalue weighted by atomic mass is 16.5. The molecular weight excluding hydrogens is 432 g/mol. The monoisotopic (exact) mass is 466 g/mol. The van der Waals surface area contributed by atoms with E-state index in [2.05, 4.69) is 85.7 Å². The summed E-state index contributed by atoms with van der Waals surface area (Å²) in [5.41, 5.74) is 5.70. The highest BCUT2D eigenvalue weighted by Crippen LogP contribution is 2.46. The summed E-state index contributed by atoms with van der Waals surface area (Å²) in [6.45, 7) is 13.1. The molecule has 0 atom stereocenters. The second-order valence-corrected chi connectivity index (χ2v) is 9.85. The summed E-state index contributed by atoms with van der Waals surface area (Å²) < 4.78 is 8.49. The number of hydrogen-bond donors (Lipinski definition) is 0. The Morgan fingerprint density at radius 3 is 2.37 bits per heavy atom. The molecule has 0 aliphatic heterocycles. The molecule has 0 saturated heterocycles. The Kier molecular flexibility index (Phi) is 6.24. The molecule has 5 rings (SSSR count). The average Bonchev–Trinajstić information content (AvgIpc) is 3.21. The first kappa shape index (κ1) is 23.4. The largest absolute Gasteiger partial charge is 0.492 e. The lowest BCUT2D eigenvalue weighted by molar-refractivity contribution is 0.103. The van der Waals surface area contributed by atoms with Crippen LogP contribution in [0.3, 0.4) is 0 Å². The van der Waals surface area contributed by atoms with Crippen LogP contribution in [0.1, 0.15) is 60.4 Å². The van der Waals surface area contributed by atoms with E-state index in [4.69, 9.17) is 4.74 Å². The summed E-state index contributed by atoms with van der Waals surface area (Å²) in [5.74, 6) is 0.929. The van der Waals surface area contributed by atoms with E-state index < -0.39 is 0 Å². The number of aromatic nitrogens is 1. The van der Waals surface area contributed by atoms with Crippen molar-refractivity contribution in [1.29, 1.82) is 0 Å². The Bertz CT molecular complexity index is 1360.